The van der Waals surface area contributed by atoms with Gasteiger partial charge in [0.05, 0.1) is 11.4 Å². The SMILES string of the molecule is Cc1cc(N(C)CC2CCN(C)C2)c(N)cc1Cl. The summed E-state index contributed by atoms with van der Waals surface area (Å²) >= 11 is 6.07. The van der Waals surface area contributed by atoms with Crippen LogP contribution in [0.4, 0.5) is 11.4 Å². The molecule has 1 aliphatic heterocycles. The number of hydrogen-bond acceptors (Lipinski definition) is 3. The Labute approximate surface area is 115 Å². The van der Waals surface area contributed by atoms with Gasteiger partial charge in [-0.2, -0.15) is 0 Å². The van der Waals surface area contributed by atoms with Crippen LogP contribution in [-0.4, -0.2) is 38.6 Å². The van der Waals surface area contributed by atoms with Gasteiger partial charge in [0.2, 0.25) is 0 Å². The number of halogens is 1. The van der Waals surface area contributed by atoms with Crippen LogP contribution >= 0.6 is 11.6 Å². The van der Waals surface area contributed by atoms with E-state index in [1.807, 2.05) is 13.0 Å². The lowest BCUT2D eigenvalue weighted by Crippen LogP contribution is -2.27. The molecule has 0 saturated carbocycles. The monoisotopic (exact) mass is 267 g/mol. The van der Waals surface area contributed by atoms with Crippen molar-refractivity contribution >= 4 is 23.0 Å². The number of nitrogens with two attached hydrogens (primary N) is 1. The fourth-order valence-electron chi connectivity index (χ4n) is 2.67. The average molecular weight is 268 g/mol. The highest BCUT2D eigenvalue weighted by molar-refractivity contribution is 6.31. The number of nitrogen functional groups attached to an aromatic ring is 1. The second-order valence-corrected chi connectivity index (χ2v) is 5.86. The van der Waals surface area contributed by atoms with Crippen LogP contribution in [0.25, 0.3) is 0 Å². The van der Waals surface area contributed by atoms with Crippen LogP contribution in [0.2, 0.25) is 5.02 Å². The minimum Gasteiger partial charge on any atom is -0.397 e. The lowest BCUT2D eigenvalue weighted by Gasteiger charge is -2.25. The van der Waals surface area contributed by atoms with Crippen molar-refractivity contribution in [2.45, 2.75) is 13.3 Å². The average Bonchev–Trinajstić information content (AvgIpc) is 2.69. The van der Waals surface area contributed by atoms with E-state index in [1.165, 1.54) is 19.5 Å². The summed E-state index contributed by atoms with van der Waals surface area (Å²) in [6.45, 7) is 5.45. The van der Waals surface area contributed by atoms with Crippen LogP contribution < -0.4 is 10.6 Å². The minimum atomic E-state index is 0.732. The van der Waals surface area contributed by atoms with Crippen molar-refractivity contribution in [2.75, 3.05) is 44.4 Å². The molecule has 3 nitrogen and oxygen atoms in total. The van der Waals surface area contributed by atoms with Crippen LogP contribution in [0, 0.1) is 12.8 Å². The Morgan fingerprint density at radius 1 is 1.50 bits per heavy atom. The lowest BCUT2D eigenvalue weighted by molar-refractivity contribution is 0.396. The van der Waals surface area contributed by atoms with Crippen molar-refractivity contribution in [3.05, 3.63) is 22.7 Å². The molecule has 4 heteroatoms. The van der Waals surface area contributed by atoms with E-state index in [4.69, 9.17) is 17.3 Å². The number of hydrogen-bond donors (Lipinski definition) is 1. The first-order valence-electron chi connectivity index (χ1n) is 6.42. The predicted molar refractivity (Wildman–Crippen MR) is 79.5 cm³/mol. The van der Waals surface area contributed by atoms with Crippen molar-refractivity contribution in [2.24, 2.45) is 5.92 Å². The first-order valence-corrected chi connectivity index (χ1v) is 6.80. The molecule has 0 spiro atoms. The second-order valence-electron chi connectivity index (χ2n) is 5.46. The van der Waals surface area contributed by atoms with E-state index >= 15 is 0 Å². The van der Waals surface area contributed by atoms with E-state index in [0.29, 0.717) is 0 Å². The molecule has 18 heavy (non-hydrogen) atoms. The summed E-state index contributed by atoms with van der Waals surface area (Å²) in [6, 6.07) is 3.93. The fraction of sp³-hybridized carbons (Fsp3) is 0.571. The van der Waals surface area contributed by atoms with Gasteiger partial charge in [-0.25, -0.2) is 0 Å². The van der Waals surface area contributed by atoms with Crippen LogP contribution in [-0.2, 0) is 0 Å². The number of anilines is 2. The maximum atomic E-state index is 6.07. The Morgan fingerprint density at radius 3 is 2.83 bits per heavy atom. The number of likely N-dealkylation sites (tertiary alicyclic amines) is 1. The Balaban J connectivity index is 2.09. The van der Waals surface area contributed by atoms with E-state index in [9.17, 15) is 0 Å². The van der Waals surface area contributed by atoms with E-state index in [0.717, 1.165) is 34.4 Å². The third-order valence-electron chi connectivity index (χ3n) is 3.74. The zero-order chi connectivity index (χ0) is 13.3. The molecule has 1 unspecified atom stereocenters. The molecule has 1 aromatic carbocycles. The molecule has 0 aliphatic carbocycles. The number of benzene rings is 1. The molecule has 0 bridgehead atoms. The number of rotatable bonds is 3. The van der Waals surface area contributed by atoms with Crippen LogP contribution in [0.5, 0.6) is 0 Å². The standard InChI is InChI=1S/C14H22ClN3/c1-10-6-14(13(16)7-12(10)15)18(3)9-11-4-5-17(2)8-11/h6-7,11H,4-5,8-9,16H2,1-3H3. The molecular formula is C14H22ClN3. The van der Waals surface area contributed by atoms with Gasteiger partial charge < -0.3 is 15.5 Å². The zero-order valence-electron chi connectivity index (χ0n) is 11.4. The largest absolute Gasteiger partial charge is 0.397 e. The predicted octanol–water partition coefficient (Wildman–Crippen LogP) is 2.62. The maximum Gasteiger partial charge on any atom is 0.0601 e. The normalized spacial score (nSPS) is 20.3. The highest BCUT2D eigenvalue weighted by Gasteiger charge is 2.21. The fourth-order valence-corrected chi connectivity index (χ4v) is 2.85. The summed E-state index contributed by atoms with van der Waals surface area (Å²) in [5, 5.41) is 0.741. The molecule has 0 aromatic heterocycles. The van der Waals surface area contributed by atoms with Gasteiger partial charge in [0, 0.05) is 25.2 Å². The first kappa shape index (κ1) is 13.5. The molecule has 1 atom stereocenters. The third-order valence-corrected chi connectivity index (χ3v) is 4.15. The topological polar surface area (TPSA) is 32.5 Å². The van der Waals surface area contributed by atoms with Gasteiger partial charge in [0.15, 0.2) is 0 Å². The highest BCUT2D eigenvalue weighted by atomic mass is 35.5. The Bertz CT molecular complexity index is 433. The summed E-state index contributed by atoms with van der Waals surface area (Å²) in [6.07, 6.45) is 1.27. The van der Waals surface area contributed by atoms with Crippen molar-refractivity contribution in [3.63, 3.8) is 0 Å². The molecule has 1 aromatic rings. The van der Waals surface area contributed by atoms with E-state index < -0.39 is 0 Å². The van der Waals surface area contributed by atoms with Gasteiger partial charge in [0.25, 0.3) is 0 Å². The van der Waals surface area contributed by atoms with Gasteiger partial charge >= 0.3 is 0 Å². The van der Waals surface area contributed by atoms with Gasteiger partial charge in [0.1, 0.15) is 0 Å². The molecule has 1 fully saturated rings. The van der Waals surface area contributed by atoms with Crippen LogP contribution in [0.15, 0.2) is 12.1 Å². The van der Waals surface area contributed by atoms with Crippen molar-refractivity contribution < 1.29 is 0 Å². The Hall–Kier alpha value is -0.930. The van der Waals surface area contributed by atoms with Crippen LogP contribution in [0.3, 0.4) is 0 Å². The number of aryl methyl sites for hydroxylation is 1. The summed E-state index contributed by atoms with van der Waals surface area (Å²) in [4.78, 5) is 4.64. The van der Waals surface area contributed by atoms with Gasteiger partial charge in [-0.05, 0) is 50.6 Å². The van der Waals surface area contributed by atoms with Crippen molar-refractivity contribution in [3.8, 4) is 0 Å². The summed E-state index contributed by atoms with van der Waals surface area (Å²) < 4.78 is 0. The molecule has 2 N–H and O–H groups in total. The lowest BCUT2D eigenvalue weighted by atomic mass is 10.1. The van der Waals surface area contributed by atoms with E-state index in [-0.39, 0.29) is 0 Å². The number of nitrogens with zero attached hydrogens (tertiary/aromatic N) is 2. The second kappa shape index (κ2) is 5.37. The van der Waals surface area contributed by atoms with Gasteiger partial charge in [-0.1, -0.05) is 11.6 Å². The highest BCUT2D eigenvalue weighted by Crippen LogP contribution is 2.30. The molecular weight excluding hydrogens is 246 g/mol. The van der Waals surface area contributed by atoms with E-state index in [2.05, 4.69) is 30.0 Å². The van der Waals surface area contributed by atoms with Crippen LogP contribution in [0.1, 0.15) is 12.0 Å². The molecule has 2 rings (SSSR count). The quantitative estimate of drug-likeness (QED) is 0.855. The molecule has 1 saturated heterocycles. The van der Waals surface area contributed by atoms with E-state index in [1.54, 1.807) is 0 Å². The summed E-state index contributed by atoms with van der Waals surface area (Å²) in [5.41, 5.74) is 8.99. The first-order chi connectivity index (χ1) is 8.47. The van der Waals surface area contributed by atoms with Gasteiger partial charge in [-0.3, -0.25) is 0 Å². The smallest absolute Gasteiger partial charge is 0.0601 e. The molecule has 1 aliphatic rings. The Kier molecular flexibility index (Phi) is 4.03. The molecule has 1 heterocycles. The van der Waals surface area contributed by atoms with Crippen molar-refractivity contribution in [1.29, 1.82) is 0 Å². The third kappa shape index (κ3) is 2.90. The Morgan fingerprint density at radius 2 is 2.22 bits per heavy atom. The molecule has 0 radical (unpaired) electrons. The van der Waals surface area contributed by atoms with Gasteiger partial charge in [-0.15, -0.1) is 0 Å². The summed E-state index contributed by atoms with van der Waals surface area (Å²) in [7, 11) is 4.29. The zero-order valence-corrected chi connectivity index (χ0v) is 12.2. The summed E-state index contributed by atoms with van der Waals surface area (Å²) in [5.74, 6) is 0.732. The molecule has 100 valence electrons. The van der Waals surface area contributed by atoms with Crippen molar-refractivity contribution in [1.82, 2.24) is 4.90 Å². The minimum absolute atomic E-state index is 0.732. The maximum absolute atomic E-state index is 6.07. The molecule has 0 amide bonds.